The van der Waals surface area contributed by atoms with E-state index in [-0.39, 0.29) is 18.0 Å². The number of benzene rings is 1. The molecule has 0 spiro atoms. The molecule has 0 fully saturated rings. The Morgan fingerprint density at radius 1 is 1.21 bits per heavy atom. The monoisotopic (exact) mass is 420 g/mol. The Morgan fingerprint density at radius 2 is 1.83 bits per heavy atom. The third-order valence-electron chi connectivity index (χ3n) is 5.17. The van der Waals surface area contributed by atoms with Crippen LogP contribution < -0.4 is 11.1 Å². The van der Waals surface area contributed by atoms with Crippen molar-refractivity contribution in [1.29, 1.82) is 0 Å². The average Bonchev–Trinajstić information content (AvgIpc) is 2.99. The Hall–Kier alpha value is -2.65. The lowest BCUT2D eigenvalue weighted by Gasteiger charge is -2.30. The lowest BCUT2D eigenvalue weighted by molar-refractivity contribution is -0.165. The van der Waals surface area contributed by atoms with Crippen molar-refractivity contribution in [2.45, 2.75) is 45.8 Å². The number of fused-ring (bicyclic) bond motifs is 1. The van der Waals surface area contributed by atoms with Crippen LogP contribution in [0.15, 0.2) is 24.3 Å². The van der Waals surface area contributed by atoms with Gasteiger partial charge in [0.1, 0.15) is 15.3 Å². The summed E-state index contributed by atoms with van der Waals surface area (Å²) < 4.78 is 27.2. The number of aliphatic hydroxyl groups is 1. The lowest BCUT2D eigenvalue weighted by atomic mass is 9.89. The molecule has 1 amide bonds. The van der Waals surface area contributed by atoms with E-state index in [9.17, 15) is 18.7 Å². The second-order valence-electron chi connectivity index (χ2n) is 7.28. The highest BCUT2D eigenvalue weighted by molar-refractivity contribution is 7.21. The number of anilines is 1. The summed E-state index contributed by atoms with van der Waals surface area (Å²) in [4.78, 5) is 13.5. The van der Waals surface area contributed by atoms with Crippen LogP contribution in [0.5, 0.6) is 0 Å². The van der Waals surface area contributed by atoms with Gasteiger partial charge in [-0.3, -0.25) is 4.79 Å². The van der Waals surface area contributed by atoms with Crippen molar-refractivity contribution in [3.63, 3.8) is 0 Å². The summed E-state index contributed by atoms with van der Waals surface area (Å²) in [6, 6.07) is 6.02. The topological polar surface area (TPSA) is 101 Å². The van der Waals surface area contributed by atoms with Crippen molar-refractivity contribution >= 4 is 33.1 Å². The van der Waals surface area contributed by atoms with Gasteiger partial charge in [-0.05, 0) is 37.5 Å². The van der Waals surface area contributed by atoms with Crippen LogP contribution in [0.3, 0.4) is 0 Å². The maximum absolute atomic E-state index is 13.6. The van der Waals surface area contributed by atoms with Crippen molar-refractivity contribution in [2.75, 3.05) is 5.73 Å². The van der Waals surface area contributed by atoms with Gasteiger partial charge in [0.2, 0.25) is 0 Å². The molecule has 2 heterocycles. The highest BCUT2D eigenvalue weighted by Crippen LogP contribution is 2.37. The van der Waals surface area contributed by atoms with Crippen LogP contribution in [0.25, 0.3) is 10.2 Å². The van der Waals surface area contributed by atoms with Crippen LogP contribution >= 0.6 is 11.3 Å². The Balaban J connectivity index is 1.76. The average molecular weight is 420 g/mol. The zero-order chi connectivity index (χ0) is 21.6. The number of carbonyl (C=O) groups is 1. The molecular formula is C20H22F2N4O2S. The van der Waals surface area contributed by atoms with Gasteiger partial charge in [-0.1, -0.05) is 24.3 Å². The second kappa shape index (κ2) is 7.31. The molecule has 0 radical (unpaired) electrons. The van der Waals surface area contributed by atoms with Crippen LogP contribution in [0, 0.1) is 13.8 Å². The molecule has 3 aromatic rings. The predicted molar refractivity (Wildman–Crippen MR) is 109 cm³/mol. The van der Waals surface area contributed by atoms with E-state index in [0.717, 1.165) is 23.6 Å². The number of alkyl halides is 2. The lowest BCUT2D eigenvalue weighted by Crippen LogP contribution is -2.40. The molecule has 9 heteroatoms. The number of rotatable bonds is 5. The minimum atomic E-state index is -3.29. The highest BCUT2D eigenvalue weighted by Gasteiger charge is 2.45. The summed E-state index contributed by atoms with van der Waals surface area (Å²) in [6.07, 6.45) is 0. The van der Waals surface area contributed by atoms with Gasteiger partial charge in [-0.25, -0.2) is 8.78 Å². The van der Waals surface area contributed by atoms with Crippen LogP contribution in [-0.2, 0) is 12.1 Å². The molecule has 3 rings (SSSR count). The number of thiophene rings is 1. The molecule has 154 valence electrons. The molecule has 0 aliphatic heterocycles. The molecule has 1 aromatic carbocycles. The minimum Gasteiger partial charge on any atom is -0.397 e. The van der Waals surface area contributed by atoms with Crippen LogP contribution in [-0.4, -0.2) is 27.1 Å². The molecule has 2 aromatic heterocycles. The van der Waals surface area contributed by atoms with Crippen LogP contribution in [0.1, 0.15) is 45.9 Å². The van der Waals surface area contributed by atoms with Gasteiger partial charge in [-0.2, -0.15) is 5.10 Å². The van der Waals surface area contributed by atoms with E-state index in [1.807, 2.05) is 13.8 Å². The van der Waals surface area contributed by atoms with Crippen molar-refractivity contribution in [2.24, 2.45) is 0 Å². The molecule has 0 bridgehead atoms. The summed E-state index contributed by atoms with van der Waals surface area (Å²) in [5.74, 6) is -3.64. The Morgan fingerprint density at radius 3 is 2.41 bits per heavy atom. The summed E-state index contributed by atoms with van der Waals surface area (Å²) >= 11 is 1.17. The number of halogens is 2. The molecular weight excluding hydrogens is 398 g/mol. The first-order chi connectivity index (χ1) is 13.4. The fourth-order valence-electron chi connectivity index (χ4n) is 2.87. The van der Waals surface area contributed by atoms with Crippen molar-refractivity contribution in [1.82, 2.24) is 15.5 Å². The van der Waals surface area contributed by atoms with Crippen molar-refractivity contribution < 1.29 is 18.7 Å². The molecule has 4 N–H and O–H groups in total. The zero-order valence-corrected chi connectivity index (χ0v) is 17.3. The summed E-state index contributed by atoms with van der Waals surface area (Å²) in [7, 11) is 0. The molecule has 1 atom stereocenters. The van der Waals surface area contributed by atoms with Gasteiger partial charge in [0.05, 0.1) is 11.4 Å². The van der Waals surface area contributed by atoms with Crippen molar-refractivity contribution in [3.8, 4) is 0 Å². The second-order valence-corrected chi connectivity index (χ2v) is 8.27. The minimum absolute atomic E-state index is 0.0956. The van der Waals surface area contributed by atoms with Gasteiger partial charge >= 0.3 is 0 Å². The van der Waals surface area contributed by atoms with Crippen LogP contribution in [0.2, 0.25) is 0 Å². The van der Waals surface area contributed by atoms with E-state index < -0.39 is 11.5 Å². The van der Waals surface area contributed by atoms with E-state index in [4.69, 9.17) is 5.73 Å². The van der Waals surface area contributed by atoms with Gasteiger partial charge in [0.15, 0.2) is 0 Å². The van der Waals surface area contributed by atoms with Crippen molar-refractivity contribution in [3.05, 3.63) is 51.5 Å². The standard InChI is InChI=1S/C20H22F2N4O2S/c1-10-11(2)25-26-18-14(10)15(23)16(29-18)17(27)24-9-12-5-7-13(8-6-12)19(3,28)20(4,21)22/h5-8,28H,9,23H2,1-4H3,(H,24,27). The third kappa shape index (κ3) is 3.79. The smallest absolute Gasteiger partial charge is 0.277 e. The molecule has 0 aliphatic rings. The van der Waals surface area contributed by atoms with E-state index in [1.165, 1.54) is 23.5 Å². The van der Waals surface area contributed by atoms with E-state index in [0.29, 0.717) is 27.9 Å². The molecule has 0 aliphatic carbocycles. The third-order valence-corrected chi connectivity index (χ3v) is 6.25. The molecule has 0 saturated heterocycles. The number of amides is 1. The summed E-state index contributed by atoms with van der Waals surface area (Å²) in [5.41, 5.74) is 6.69. The quantitative estimate of drug-likeness (QED) is 0.585. The molecule has 29 heavy (non-hydrogen) atoms. The highest BCUT2D eigenvalue weighted by atomic mass is 32.1. The fraction of sp³-hybridized carbons (Fsp3) is 0.350. The first kappa shape index (κ1) is 21.1. The Labute approximate surface area is 170 Å². The fourth-order valence-corrected chi connectivity index (χ4v) is 3.89. The van der Waals surface area contributed by atoms with Gasteiger partial charge < -0.3 is 16.2 Å². The number of aryl methyl sites for hydroxylation is 2. The number of aromatic nitrogens is 2. The normalized spacial score (nSPS) is 14.0. The Kier molecular flexibility index (Phi) is 5.31. The molecule has 6 nitrogen and oxygen atoms in total. The SMILES string of the molecule is Cc1nnc2sc(C(=O)NCc3ccc(C(C)(O)C(C)(F)F)cc3)c(N)c2c1C. The number of nitrogens with zero attached hydrogens (tertiary/aromatic N) is 2. The largest absolute Gasteiger partial charge is 0.397 e. The maximum Gasteiger partial charge on any atom is 0.277 e. The predicted octanol–water partition coefficient (Wildman–Crippen LogP) is 3.68. The number of carbonyl (C=O) groups excluding carboxylic acids is 1. The number of nitrogens with two attached hydrogens (primary N) is 1. The van der Waals surface area contributed by atoms with Gasteiger partial charge in [-0.15, -0.1) is 16.4 Å². The summed E-state index contributed by atoms with van der Waals surface area (Å²) in [5, 5.41) is 21.7. The number of nitrogen functional groups attached to an aromatic ring is 1. The zero-order valence-electron chi connectivity index (χ0n) is 16.5. The number of hydrogen-bond acceptors (Lipinski definition) is 6. The number of nitrogens with one attached hydrogen (secondary N) is 1. The van der Waals surface area contributed by atoms with Gasteiger partial charge in [0, 0.05) is 18.9 Å². The van der Waals surface area contributed by atoms with E-state index in [1.54, 1.807) is 12.1 Å². The van der Waals surface area contributed by atoms with Crippen LogP contribution in [0.4, 0.5) is 14.5 Å². The first-order valence-corrected chi connectivity index (χ1v) is 9.74. The van der Waals surface area contributed by atoms with E-state index >= 15 is 0 Å². The van der Waals surface area contributed by atoms with E-state index in [2.05, 4.69) is 15.5 Å². The molecule has 1 unspecified atom stereocenters. The first-order valence-electron chi connectivity index (χ1n) is 8.93. The maximum atomic E-state index is 13.6. The Bertz CT molecular complexity index is 1070. The van der Waals surface area contributed by atoms with Gasteiger partial charge in [0.25, 0.3) is 11.8 Å². The molecule has 0 saturated carbocycles. The number of hydrogen-bond donors (Lipinski definition) is 3. The summed E-state index contributed by atoms with van der Waals surface area (Å²) in [6.45, 7) is 5.63.